The van der Waals surface area contributed by atoms with Gasteiger partial charge in [-0.1, -0.05) is 12.6 Å². The van der Waals surface area contributed by atoms with Crippen molar-refractivity contribution >= 4 is 34.5 Å². The Kier molecular flexibility index (Phi) is 4.59. The van der Waals surface area contributed by atoms with Gasteiger partial charge in [-0.3, -0.25) is 9.59 Å². The van der Waals surface area contributed by atoms with E-state index in [2.05, 4.69) is 16.9 Å². The van der Waals surface area contributed by atoms with Gasteiger partial charge in [0.1, 0.15) is 0 Å². The molecule has 0 spiro atoms. The second kappa shape index (κ2) is 7.03. The Morgan fingerprint density at radius 1 is 1.31 bits per heavy atom. The van der Waals surface area contributed by atoms with Crippen LogP contribution in [0.4, 0.5) is 11.4 Å². The first-order valence-corrected chi connectivity index (χ1v) is 9.75. The highest BCUT2D eigenvalue weighted by atomic mass is 32.1. The van der Waals surface area contributed by atoms with E-state index in [0.717, 1.165) is 28.4 Å². The summed E-state index contributed by atoms with van der Waals surface area (Å²) in [4.78, 5) is 31.6. The molecule has 0 radical (unpaired) electrons. The molecule has 5 nitrogen and oxygen atoms in total. The molecule has 1 aromatic carbocycles. The lowest BCUT2D eigenvalue weighted by molar-refractivity contribution is -0.117. The molecule has 0 unspecified atom stereocenters. The van der Waals surface area contributed by atoms with Gasteiger partial charge in [0.2, 0.25) is 5.91 Å². The number of benzene rings is 1. The van der Waals surface area contributed by atoms with Crippen molar-refractivity contribution in [2.24, 2.45) is 5.92 Å². The number of thiazole rings is 1. The minimum Gasteiger partial charge on any atom is -0.326 e. The highest BCUT2D eigenvalue weighted by molar-refractivity contribution is 7.11. The van der Waals surface area contributed by atoms with Crippen LogP contribution in [0.1, 0.15) is 41.5 Å². The number of amides is 2. The Balaban J connectivity index is 1.53. The topological polar surface area (TPSA) is 62.3 Å². The minimum absolute atomic E-state index is 0.0558. The number of carbonyl (C=O) groups is 2. The smallest absolute Gasteiger partial charge is 0.250 e. The second-order valence-electron chi connectivity index (χ2n) is 6.88. The summed E-state index contributed by atoms with van der Waals surface area (Å²) in [5.41, 5.74) is 1.45. The van der Waals surface area contributed by atoms with Gasteiger partial charge in [0.15, 0.2) is 0 Å². The van der Waals surface area contributed by atoms with Crippen LogP contribution in [0.15, 0.2) is 43.1 Å². The molecule has 0 bridgehead atoms. The van der Waals surface area contributed by atoms with E-state index in [4.69, 9.17) is 0 Å². The monoisotopic (exact) mass is 367 g/mol. The maximum absolute atomic E-state index is 12.4. The Morgan fingerprint density at radius 3 is 2.81 bits per heavy atom. The van der Waals surface area contributed by atoms with Crippen molar-refractivity contribution in [1.29, 1.82) is 0 Å². The molecule has 0 atom stereocenters. The van der Waals surface area contributed by atoms with Crippen LogP contribution in [-0.4, -0.2) is 16.8 Å². The van der Waals surface area contributed by atoms with Crippen molar-refractivity contribution in [2.75, 3.05) is 10.2 Å². The highest BCUT2D eigenvalue weighted by Gasteiger charge is 2.30. The van der Waals surface area contributed by atoms with Crippen LogP contribution in [0.25, 0.3) is 0 Å². The van der Waals surface area contributed by atoms with Gasteiger partial charge >= 0.3 is 0 Å². The Hall–Kier alpha value is -2.47. The lowest BCUT2D eigenvalue weighted by Crippen LogP contribution is -2.28. The van der Waals surface area contributed by atoms with Crippen LogP contribution in [0, 0.1) is 5.92 Å². The SMILES string of the molecule is C=CC(=O)N(Cc1cnc(C2CC2)s1)c1cccc(NC(=O)C2CC2)c1. The molecule has 2 saturated carbocycles. The number of carbonyl (C=O) groups excluding carboxylic acids is 2. The quantitative estimate of drug-likeness (QED) is 0.750. The molecule has 1 heterocycles. The van der Waals surface area contributed by atoms with Gasteiger partial charge in [0.05, 0.1) is 11.6 Å². The molecule has 4 rings (SSSR count). The van der Waals surface area contributed by atoms with Crippen molar-refractivity contribution in [3.63, 3.8) is 0 Å². The normalized spacial score (nSPS) is 16.2. The second-order valence-corrected chi connectivity index (χ2v) is 8.03. The van der Waals surface area contributed by atoms with Crippen LogP contribution in [-0.2, 0) is 16.1 Å². The van der Waals surface area contributed by atoms with E-state index in [9.17, 15) is 9.59 Å². The van der Waals surface area contributed by atoms with Crippen LogP contribution in [0.3, 0.4) is 0 Å². The predicted molar refractivity (Wildman–Crippen MR) is 103 cm³/mol. The van der Waals surface area contributed by atoms with Gasteiger partial charge in [-0.15, -0.1) is 11.3 Å². The Bertz CT molecular complexity index is 852. The highest BCUT2D eigenvalue weighted by Crippen LogP contribution is 2.42. The zero-order valence-corrected chi connectivity index (χ0v) is 15.3. The molecule has 2 aromatic rings. The van der Waals surface area contributed by atoms with Crippen molar-refractivity contribution in [1.82, 2.24) is 4.98 Å². The summed E-state index contributed by atoms with van der Waals surface area (Å²) in [7, 11) is 0. The summed E-state index contributed by atoms with van der Waals surface area (Å²) < 4.78 is 0. The molecule has 2 fully saturated rings. The maximum atomic E-state index is 12.4. The number of hydrogen-bond acceptors (Lipinski definition) is 4. The van der Waals surface area contributed by atoms with E-state index in [0.29, 0.717) is 18.2 Å². The van der Waals surface area contributed by atoms with Crippen LogP contribution in [0.5, 0.6) is 0 Å². The Morgan fingerprint density at radius 2 is 2.12 bits per heavy atom. The summed E-state index contributed by atoms with van der Waals surface area (Å²) >= 11 is 1.67. The van der Waals surface area contributed by atoms with Crippen molar-refractivity contribution in [2.45, 2.75) is 38.1 Å². The molecule has 134 valence electrons. The lowest BCUT2D eigenvalue weighted by atomic mass is 10.2. The van der Waals surface area contributed by atoms with Gasteiger partial charge < -0.3 is 10.2 Å². The molecule has 0 saturated heterocycles. The first kappa shape index (κ1) is 17.0. The van der Waals surface area contributed by atoms with Crippen LogP contribution >= 0.6 is 11.3 Å². The summed E-state index contributed by atoms with van der Waals surface area (Å²) in [5.74, 6) is 0.637. The number of hydrogen-bond donors (Lipinski definition) is 1. The standard InChI is InChI=1S/C20H21N3O2S/c1-2-18(24)23(12-17-11-21-20(26-17)14-8-9-14)16-5-3-4-15(10-16)22-19(25)13-6-7-13/h2-5,10-11,13-14H,1,6-9,12H2,(H,22,25). The summed E-state index contributed by atoms with van der Waals surface area (Å²) in [6.07, 6.45) is 7.53. The summed E-state index contributed by atoms with van der Waals surface area (Å²) in [5, 5.41) is 4.10. The van der Waals surface area contributed by atoms with Gasteiger partial charge in [-0.05, 0) is 50.0 Å². The average molecular weight is 367 g/mol. The molecule has 2 aliphatic rings. The first-order chi connectivity index (χ1) is 12.6. The third-order valence-electron chi connectivity index (χ3n) is 4.63. The van der Waals surface area contributed by atoms with Gasteiger partial charge in [-0.25, -0.2) is 4.98 Å². The van der Waals surface area contributed by atoms with E-state index < -0.39 is 0 Å². The van der Waals surface area contributed by atoms with Gasteiger partial charge in [0.25, 0.3) is 5.91 Å². The third kappa shape index (κ3) is 3.85. The molecule has 1 N–H and O–H groups in total. The minimum atomic E-state index is -0.169. The first-order valence-electron chi connectivity index (χ1n) is 8.93. The molecular weight excluding hydrogens is 346 g/mol. The molecule has 2 amide bonds. The maximum Gasteiger partial charge on any atom is 0.250 e. The van der Waals surface area contributed by atoms with Crippen molar-refractivity contribution in [3.8, 4) is 0 Å². The van der Waals surface area contributed by atoms with E-state index in [-0.39, 0.29) is 17.7 Å². The molecule has 0 aliphatic heterocycles. The molecule has 26 heavy (non-hydrogen) atoms. The van der Waals surface area contributed by atoms with Crippen LogP contribution < -0.4 is 10.2 Å². The largest absolute Gasteiger partial charge is 0.326 e. The van der Waals surface area contributed by atoms with Crippen LogP contribution in [0.2, 0.25) is 0 Å². The van der Waals surface area contributed by atoms with Crippen molar-refractivity contribution < 1.29 is 9.59 Å². The summed E-state index contributed by atoms with van der Waals surface area (Å²) in [6.45, 7) is 4.07. The van der Waals surface area contributed by atoms with Gasteiger partial charge in [0, 0.05) is 34.3 Å². The lowest BCUT2D eigenvalue weighted by Gasteiger charge is -2.21. The predicted octanol–water partition coefficient (Wildman–Crippen LogP) is 4.09. The molecule has 1 aromatic heterocycles. The molecule has 6 heteroatoms. The number of nitrogens with zero attached hydrogens (tertiary/aromatic N) is 2. The van der Waals surface area contributed by atoms with Gasteiger partial charge in [-0.2, -0.15) is 0 Å². The third-order valence-corrected chi connectivity index (χ3v) is 5.77. The molecular formula is C20H21N3O2S. The van der Waals surface area contributed by atoms with E-state index in [1.165, 1.54) is 18.9 Å². The number of nitrogens with one attached hydrogen (secondary N) is 1. The van der Waals surface area contributed by atoms with E-state index in [1.54, 1.807) is 16.2 Å². The zero-order chi connectivity index (χ0) is 18.1. The fourth-order valence-corrected chi connectivity index (χ4v) is 3.89. The number of anilines is 2. The summed E-state index contributed by atoms with van der Waals surface area (Å²) in [6, 6.07) is 7.41. The zero-order valence-electron chi connectivity index (χ0n) is 14.5. The Labute approximate surface area is 156 Å². The van der Waals surface area contributed by atoms with E-state index >= 15 is 0 Å². The number of aromatic nitrogens is 1. The van der Waals surface area contributed by atoms with E-state index in [1.807, 2.05) is 30.5 Å². The van der Waals surface area contributed by atoms with Crippen molar-refractivity contribution in [3.05, 3.63) is 53.0 Å². The number of rotatable bonds is 7. The average Bonchev–Trinajstić information content (AvgIpc) is 3.57. The fourth-order valence-electron chi connectivity index (χ4n) is 2.82. The fraction of sp³-hybridized carbons (Fsp3) is 0.350. The molecule has 2 aliphatic carbocycles.